The van der Waals surface area contributed by atoms with E-state index in [1.54, 1.807) is 0 Å². The molecule has 1 aliphatic heterocycles. The van der Waals surface area contributed by atoms with Crippen molar-refractivity contribution in [2.45, 2.75) is 6.17 Å². The fourth-order valence-corrected chi connectivity index (χ4v) is 9.04. The molecule has 1 aliphatic rings. The van der Waals surface area contributed by atoms with E-state index in [2.05, 4.69) is 197 Å². The highest BCUT2D eigenvalue weighted by Gasteiger charge is 2.23. The number of nitrogens with zero attached hydrogens (tertiary/aromatic N) is 5. The Morgan fingerprint density at radius 2 is 0.984 bits per heavy atom. The van der Waals surface area contributed by atoms with E-state index < -0.39 is 0 Å². The third-order valence-electron chi connectivity index (χ3n) is 12.2. The van der Waals surface area contributed by atoms with Gasteiger partial charge in [-0.05, 0) is 56.1 Å². The van der Waals surface area contributed by atoms with E-state index >= 15 is 0 Å². The number of imidazole rings is 1. The van der Waals surface area contributed by atoms with Crippen LogP contribution in [0, 0.1) is 0 Å². The Labute approximate surface area is 364 Å². The summed E-state index contributed by atoms with van der Waals surface area (Å²) in [4.78, 5) is 20.2. The summed E-state index contributed by atoms with van der Waals surface area (Å²) in [5, 5.41) is 10.5. The van der Waals surface area contributed by atoms with Crippen molar-refractivity contribution in [2.75, 3.05) is 0 Å². The molecular formula is C57H38N6. The molecule has 296 valence electrons. The van der Waals surface area contributed by atoms with Crippen molar-refractivity contribution in [3.8, 4) is 39.3 Å². The smallest absolute Gasteiger partial charge is 0.159 e. The molecule has 0 saturated carbocycles. The summed E-state index contributed by atoms with van der Waals surface area (Å²) in [6.07, 6.45) is 3.54. The van der Waals surface area contributed by atoms with Gasteiger partial charge >= 0.3 is 0 Å². The summed E-state index contributed by atoms with van der Waals surface area (Å²) in [5.74, 6) is 2.36. The molecule has 0 aliphatic carbocycles. The Hall–Kier alpha value is -8.48. The average Bonchev–Trinajstić information content (AvgIpc) is 3.78. The summed E-state index contributed by atoms with van der Waals surface area (Å²) >= 11 is 0. The quantitative estimate of drug-likeness (QED) is 0.163. The molecule has 11 aromatic rings. The number of hydrogen-bond acceptors (Lipinski definition) is 5. The first-order valence-corrected chi connectivity index (χ1v) is 21.2. The highest BCUT2D eigenvalue weighted by Crippen LogP contribution is 2.40. The van der Waals surface area contributed by atoms with Crippen LogP contribution in [0.15, 0.2) is 229 Å². The van der Waals surface area contributed by atoms with E-state index in [-0.39, 0.29) is 6.17 Å². The molecule has 0 amide bonds. The number of fused-ring (bicyclic) bond motifs is 7. The van der Waals surface area contributed by atoms with Crippen molar-refractivity contribution in [3.05, 3.63) is 235 Å². The van der Waals surface area contributed by atoms with Gasteiger partial charge in [-0.15, -0.1) is 0 Å². The zero-order valence-corrected chi connectivity index (χ0v) is 34.1. The summed E-state index contributed by atoms with van der Waals surface area (Å²) in [6.45, 7) is 0. The molecule has 6 nitrogen and oxygen atoms in total. The predicted molar refractivity (Wildman–Crippen MR) is 260 cm³/mol. The fourth-order valence-electron chi connectivity index (χ4n) is 9.04. The molecule has 0 spiro atoms. The Kier molecular flexibility index (Phi) is 8.78. The van der Waals surface area contributed by atoms with E-state index in [0.717, 1.165) is 83.5 Å². The topological polar surface area (TPSA) is 67.5 Å². The Morgan fingerprint density at radius 1 is 0.429 bits per heavy atom. The third kappa shape index (κ3) is 6.44. The molecule has 1 unspecified atom stereocenters. The van der Waals surface area contributed by atoms with E-state index in [9.17, 15) is 0 Å². The van der Waals surface area contributed by atoms with Gasteiger partial charge in [0, 0.05) is 45.2 Å². The maximum atomic E-state index is 5.48. The van der Waals surface area contributed by atoms with E-state index in [1.807, 2.05) is 36.7 Å². The zero-order chi connectivity index (χ0) is 41.7. The Morgan fingerprint density at radius 3 is 1.71 bits per heavy atom. The van der Waals surface area contributed by atoms with Gasteiger partial charge in [-0.1, -0.05) is 194 Å². The molecule has 0 saturated heterocycles. The van der Waals surface area contributed by atoms with Crippen LogP contribution in [0.25, 0.3) is 82.7 Å². The number of rotatable bonds is 7. The minimum Gasteiger partial charge on any atom is -0.344 e. The minimum atomic E-state index is -0.278. The van der Waals surface area contributed by atoms with Gasteiger partial charge in [0.1, 0.15) is 17.8 Å². The molecule has 1 N–H and O–H groups in total. The zero-order valence-electron chi connectivity index (χ0n) is 34.1. The highest BCUT2D eigenvalue weighted by molar-refractivity contribution is 6.24. The number of pyridine rings is 1. The molecule has 63 heavy (non-hydrogen) atoms. The molecule has 12 rings (SSSR count). The summed E-state index contributed by atoms with van der Waals surface area (Å²) in [5.41, 5.74) is 11.7. The van der Waals surface area contributed by atoms with Crippen LogP contribution in [0.2, 0.25) is 0 Å². The van der Waals surface area contributed by atoms with Crippen LogP contribution in [0.4, 0.5) is 0 Å². The van der Waals surface area contributed by atoms with Crippen molar-refractivity contribution in [3.63, 3.8) is 0 Å². The van der Waals surface area contributed by atoms with Crippen LogP contribution in [0.3, 0.4) is 0 Å². The second kappa shape index (κ2) is 15.2. The van der Waals surface area contributed by atoms with Crippen molar-refractivity contribution in [1.82, 2.24) is 19.9 Å². The number of amidine groups is 2. The van der Waals surface area contributed by atoms with E-state index in [4.69, 9.17) is 15.0 Å². The monoisotopic (exact) mass is 806 g/mol. The second-order valence-corrected chi connectivity index (χ2v) is 15.9. The number of aromatic nitrogens is 3. The standard InChI is InChI=1S/C57H38N6/c1-3-12-37(13-4-1)38-22-28-43(29-23-38)55-60-54(42-15-5-2-6-16-42)61-56(62-55)44-30-24-39(25-31-44)40-26-32-45(33-27-40)57-59-52-50-36-58-35-34-48(50)47-19-9-10-20-49(47)53(52)63(57)51-21-11-17-41-14-7-8-18-46(41)51/h1-36,54H,(H,60,61,62). The molecule has 2 aromatic heterocycles. The highest BCUT2D eigenvalue weighted by atomic mass is 15.2. The molecule has 1 atom stereocenters. The van der Waals surface area contributed by atoms with Crippen molar-refractivity contribution >= 4 is 55.0 Å². The number of nitrogens with one attached hydrogen (secondary N) is 1. The van der Waals surface area contributed by atoms with Crippen LogP contribution in [-0.4, -0.2) is 26.2 Å². The lowest BCUT2D eigenvalue weighted by Crippen LogP contribution is -2.33. The van der Waals surface area contributed by atoms with Crippen LogP contribution in [0.5, 0.6) is 0 Å². The number of hydrogen-bond donors (Lipinski definition) is 1. The summed E-state index contributed by atoms with van der Waals surface area (Å²) < 4.78 is 2.35. The molecule has 0 bridgehead atoms. The van der Waals surface area contributed by atoms with Gasteiger partial charge in [-0.3, -0.25) is 9.55 Å². The number of aliphatic imine (C=N–C) groups is 2. The second-order valence-electron chi connectivity index (χ2n) is 15.9. The minimum absolute atomic E-state index is 0.278. The molecule has 6 heteroatoms. The third-order valence-corrected chi connectivity index (χ3v) is 12.2. The van der Waals surface area contributed by atoms with Crippen LogP contribution in [0.1, 0.15) is 22.9 Å². The molecular weight excluding hydrogens is 769 g/mol. The lowest BCUT2D eigenvalue weighted by Gasteiger charge is -2.24. The maximum Gasteiger partial charge on any atom is 0.159 e. The average molecular weight is 807 g/mol. The molecule has 0 fully saturated rings. The van der Waals surface area contributed by atoms with Gasteiger partial charge in [0.2, 0.25) is 0 Å². The lowest BCUT2D eigenvalue weighted by molar-refractivity contribution is 0.674. The maximum absolute atomic E-state index is 5.48. The normalized spacial score (nSPS) is 13.9. The van der Waals surface area contributed by atoms with Crippen molar-refractivity contribution in [1.29, 1.82) is 0 Å². The van der Waals surface area contributed by atoms with Crippen molar-refractivity contribution in [2.24, 2.45) is 9.98 Å². The van der Waals surface area contributed by atoms with E-state index in [1.165, 1.54) is 21.7 Å². The molecule has 9 aromatic carbocycles. The first-order valence-electron chi connectivity index (χ1n) is 21.2. The number of benzene rings is 9. The first-order chi connectivity index (χ1) is 31.2. The van der Waals surface area contributed by atoms with Crippen LogP contribution in [-0.2, 0) is 0 Å². The first kappa shape index (κ1) is 36.4. The Bertz CT molecular complexity index is 3550. The van der Waals surface area contributed by atoms with Gasteiger partial charge in [0.25, 0.3) is 0 Å². The van der Waals surface area contributed by atoms with E-state index in [0.29, 0.717) is 5.84 Å². The van der Waals surface area contributed by atoms with Gasteiger partial charge < -0.3 is 5.32 Å². The lowest BCUT2D eigenvalue weighted by atomic mass is 10.0. The van der Waals surface area contributed by atoms with Crippen molar-refractivity contribution < 1.29 is 0 Å². The SMILES string of the molecule is c1ccc(-c2ccc(C3=NC(c4ccccc4)NC(c4ccc(-c5ccc(-c6nc7c8cnccc8c8ccccc8c7n6-c6cccc7ccccc67)cc5)cc4)=N3)cc2)cc1. The van der Waals surface area contributed by atoms with Crippen LogP contribution < -0.4 is 5.32 Å². The van der Waals surface area contributed by atoms with Gasteiger partial charge in [0.15, 0.2) is 5.84 Å². The van der Waals surface area contributed by atoms with Crippen LogP contribution >= 0.6 is 0 Å². The molecule has 0 radical (unpaired) electrons. The fraction of sp³-hybridized carbons (Fsp3) is 0.0175. The van der Waals surface area contributed by atoms with Gasteiger partial charge in [-0.25, -0.2) is 15.0 Å². The Balaban J connectivity index is 0.915. The van der Waals surface area contributed by atoms with Gasteiger partial charge in [-0.2, -0.15) is 0 Å². The summed E-state index contributed by atoms with van der Waals surface area (Å²) in [7, 11) is 0. The predicted octanol–water partition coefficient (Wildman–Crippen LogP) is 13.4. The summed E-state index contributed by atoms with van der Waals surface area (Å²) in [6, 6.07) is 72.5. The largest absolute Gasteiger partial charge is 0.344 e. The molecule has 3 heterocycles. The van der Waals surface area contributed by atoms with Gasteiger partial charge in [0.05, 0.1) is 16.7 Å².